The lowest BCUT2D eigenvalue weighted by atomic mass is 10.1. The van der Waals surface area contributed by atoms with Crippen molar-refractivity contribution in [2.75, 3.05) is 26.9 Å². The second-order valence-electron chi connectivity index (χ2n) is 6.60. The second kappa shape index (κ2) is 8.13. The van der Waals surface area contributed by atoms with Crippen molar-refractivity contribution in [3.05, 3.63) is 71.1 Å². The number of nitrogens with one attached hydrogen (secondary N) is 1. The van der Waals surface area contributed by atoms with Crippen molar-refractivity contribution in [3.8, 4) is 17.0 Å². The summed E-state index contributed by atoms with van der Waals surface area (Å²) in [7, 11) is 1.68. The summed E-state index contributed by atoms with van der Waals surface area (Å²) in [4.78, 5) is 10.5. The van der Waals surface area contributed by atoms with Gasteiger partial charge in [0, 0.05) is 23.7 Å². The molecule has 1 aliphatic heterocycles. The molecule has 1 N–H and O–H groups in total. The maximum Gasteiger partial charge on any atom is 0.126 e. The Morgan fingerprint density at radius 2 is 2.11 bits per heavy atom. The number of methoxy groups -OCH3 is 1. The zero-order chi connectivity index (χ0) is 18.6. The minimum Gasteiger partial charge on any atom is -0.497 e. The Morgan fingerprint density at radius 1 is 1.26 bits per heavy atom. The van der Waals surface area contributed by atoms with Gasteiger partial charge in [0.2, 0.25) is 0 Å². The summed E-state index contributed by atoms with van der Waals surface area (Å²) in [6.07, 6.45) is 1.86. The van der Waals surface area contributed by atoms with Gasteiger partial charge in [0.25, 0.3) is 0 Å². The average Bonchev–Trinajstić information content (AvgIpc) is 3.19. The fourth-order valence-electron chi connectivity index (χ4n) is 3.35. The predicted octanol–water partition coefficient (Wildman–Crippen LogP) is 4.31. The molecule has 0 aliphatic carbocycles. The number of imidazole rings is 1. The summed E-state index contributed by atoms with van der Waals surface area (Å²) < 4.78 is 11.0. The Hall–Kier alpha value is -2.34. The van der Waals surface area contributed by atoms with Gasteiger partial charge in [-0.05, 0) is 29.8 Å². The van der Waals surface area contributed by atoms with Crippen LogP contribution in [0.25, 0.3) is 11.3 Å². The van der Waals surface area contributed by atoms with Crippen LogP contribution in [0.5, 0.6) is 5.75 Å². The lowest BCUT2D eigenvalue weighted by molar-refractivity contribution is -0.0156. The first kappa shape index (κ1) is 18.0. The molecule has 2 heterocycles. The van der Waals surface area contributed by atoms with Gasteiger partial charge in [-0.2, -0.15) is 0 Å². The number of aromatic nitrogens is 2. The van der Waals surface area contributed by atoms with E-state index in [0.29, 0.717) is 11.6 Å². The number of nitrogens with zero attached hydrogens (tertiary/aromatic N) is 2. The summed E-state index contributed by atoms with van der Waals surface area (Å²) in [5.74, 6) is 1.78. The molecular formula is C21H22ClN3O2. The number of benzene rings is 2. The third-order valence-corrected chi connectivity index (χ3v) is 5.07. The molecule has 0 amide bonds. The Balaban J connectivity index is 1.53. The van der Waals surface area contributed by atoms with Crippen LogP contribution in [0.15, 0.2) is 54.7 Å². The molecule has 0 saturated carbocycles. The smallest absolute Gasteiger partial charge is 0.126 e. The van der Waals surface area contributed by atoms with Crippen LogP contribution in [-0.2, 0) is 11.3 Å². The Labute approximate surface area is 163 Å². The first-order valence-corrected chi connectivity index (χ1v) is 9.36. The van der Waals surface area contributed by atoms with Crippen molar-refractivity contribution in [1.82, 2.24) is 14.9 Å². The van der Waals surface area contributed by atoms with Gasteiger partial charge in [-0.3, -0.25) is 4.90 Å². The zero-order valence-corrected chi connectivity index (χ0v) is 15.9. The molecular weight excluding hydrogens is 362 g/mol. The highest BCUT2D eigenvalue weighted by Gasteiger charge is 2.27. The van der Waals surface area contributed by atoms with Crippen LogP contribution < -0.4 is 4.74 Å². The van der Waals surface area contributed by atoms with Crippen molar-refractivity contribution in [2.45, 2.75) is 12.6 Å². The SMILES string of the molecule is COc1ccc(CN2CCOCC2c2ncc(-c3cccc(Cl)c3)[nH]2)cc1. The number of ether oxygens (including phenoxy) is 2. The van der Waals surface area contributed by atoms with Crippen LogP contribution in [0.1, 0.15) is 17.4 Å². The Morgan fingerprint density at radius 3 is 2.89 bits per heavy atom. The lowest BCUT2D eigenvalue weighted by Crippen LogP contribution is -2.39. The van der Waals surface area contributed by atoms with Crippen molar-refractivity contribution >= 4 is 11.6 Å². The molecule has 4 rings (SSSR count). The predicted molar refractivity (Wildman–Crippen MR) is 106 cm³/mol. The second-order valence-corrected chi connectivity index (χ2v) is 7.04. The van der Waals surface area contributed by atoms with E-state index in [1.54, 1.807) is 7.11 Å². The standard InChI is InChI=1S/C21H22ClN3O2/c1-26-18-7-5-15(6-8-18)13-25-9-10-27-14-20(25)21-23-12-19(24-21)16-3-2-4-17(22)11-16/h2-8,11-12,20H,9-10,13-14H2,1H3,(H,23,24). The molecule has 0 bridgehead atoms. The number of morpholine rings is 1. The van der Waals surface area contributed by atoms with Gasteiger partial charge in [0.15, 0.2) is 0 Å². The Bertz CT molecular complexity index is 894. The third kappa shape index (κ3) is 4.16. The highest BCUT2D eigenvalue weighted by Crippen LogP contribution is 2.27. The monoisotopic (exact) mass is 383 g/mol. The molecule has 1 aromatic heterocycles. The first-order valence-electron chi connectivity index (χ1n) is 8.98. The van der Waals surface area contributed by atoms with Gasteiger partial charge < -0.3 is 14.5 Å². The molecule has 6 heteroatoms. The summed E-state index contributed by atoms with van der Waals surface area (Å²) in [5, 5.41) is 0.714. The summed E-state index contributed by atoms with van der Waals surface area (Å²) in [6.45, 7) is 3.06. The minimum absolute atomic E-state index is 0.0915. The van der Waals surface area contributed by atoms with E-state index in [0.717, 1.165) is 42.5 Å². The molecule has 0 spiro atoms. The highest BCUT2D eigenvalue weighted by molar-refractivity contribution is 6.30. The summed E-state index contributed by atoms with van der Waals surface area (Å²) in [6, 6.07) is 16.1. The molecule has 5 nitrogen and oxygen atoms in total. The van der Waals surface area contributed by atoms with Crippen molar-refractivity contribution in [3.63, 3.8) is 0 Å². The van der Waals surface area contributed by atoms with E-state index in [1.165, 1.54) is 5.56 Å². The Kier molecular flexibility index (Phi) is 5.43. The number of hydrogen-bond acceptors (Lipinski definition) is 4. The van der Waals surface area contributed by atoms with Gasteiger partial charge in [0.05, 0.1) is 38.3 Å². The van der Waals surface area contributed by atoms with Crippen LogP contribution in [-0.4, -0.2) is 41.7 Å². The van der Waals surface area contributed by atoms with E-state index >= 15 is 0 Å². The van der Waals surface area contributed by atoms with E-state index in [9.17, 15) is 0 Å². The fraction of sp³-hybridized carbons (Fsp3) is 0.286. The molecule has 1 fully saturated rings. The van der Waals surface area contributed by atoms with Gasteiger partial charge >= 0.3 is 0 Å². The zero-order valence-electron chi connectivity index (χ0n) is 15.2. The molecule has 1 aliphatic rings. The van der Waals surface area contributed by atoms with Gasteiger partial charge in [0.1, 0.15) is 11.6 Å². The van der Waals surface area contributed by atoms with Crippen LogP contribution in [0.4, 0.5) is 0 Å². The maximum atomic E-state index is 6.11. The molecule has 1 saturated heterocycles. The van der Waals surface area contributed by atoms with Crippen LogP contribution in [0.3, 0.4) is 0 Å². The molecule has 2 aromatic carbocycles. The van der Waals surface area contributed by atoms with Crippen molar-refractivity contribution < 1.29 is 9.47 Å². The molecule has 3 aromatic rings. The van der Waals surface area contributed by atoms with Gasteiger partial charge in [-0.1, -0.05) is 35.9 Å². The summed E-state index contributed by atoms with van der Waals surface area (Å²) >= 11 is 6.11. The summed E-state index contributed by atoms with van der Waals surface area (Å²) in [5.41, 5.74) is 3.23. The molecule has 1 unspecified atom stereocenters. The minimum atomic E-state index is 0.0915. The normalized spacial score (nSPS) is 17.8. The first-order chi connectivity index (χ1) is 13.2. The average molecular weight is 384 g/mol. The number of halogens is 1. The molecule has 0 radical (unpaired) electrons. The van der Waals surface area contributed by atoms with E-state index < -0.39 is 0 Å². The molecule has 27 heavy (non-hydrogen) atoms. The van der Waals surface area contributed by atoms with Crippen LogP contribution >= 0.6 is 11.6 Å². The third-order valence-electron chi connectivity index (χ3n) is 4.83. The highest BCUT2D eigenvalue weighted by atomic mass is 35.5. The van der Waals surface area contributed by atoms with Gasteiger partial charge in [-0.15, -0.1) is 0 Å². The number of rotatable bonds is 5. The number of H-pyrrole nitrogens is 1. The van der Waals surface area contributed by atoms with E-state index in [-0.39, 0.29) is 6.04 Å². The molecule has 140 valence electrons. The van der Waals surface area contributed by atoms with Crippen molar-refractivity contribution in [2.24, 2.45) is 0 Å². The van der Waals surface area contributed by atoms with E-state index in [1.807, 2.05) is 42.6 Å². The number of hydrogen-bond donors (Lipinski definition) is 1. The maximum absolute atomic E-state index is 6.11. The lowest BCUT2D eigenvalue weighted by Gasteiger charge is -2.34. The van der Waals surface area contributed by atoms with E-state index in [2.05, 4.69) is 27.0 Å². The van der Waals surface area contributed by atoms with Gasteiger partial charge in [-0.25, -0.2) is 4.98 Å². The fourth-order valence-corrected chi connectivity index (χ4v) is 3.54. The topological polar surface area (TPSA) is 50.4 Å². The molecule has 1 atom stereocenters. The van der Waals surface area contributed by atoms with Crippen molar-refractivity contribution in [1.29, 1.82) is 0 Å². The van der Waals surface area contributed by atoms with Crippen LogP contribution in [0.2, 0.25) is 5.02 Å². The quantitative estimate of drug-likeness (QED) is 0.713. The number of aromatic amines is 1. The van der Waals surface area contributed by atoms with Crippen LogP contribution in [0, 0.1) is 0 Å². The largest absolute Gasteiger partial charge is 0.497 e. The van der Waals surface area contributed by atoms with E-state index in [4.69, 9.17) is 21.1 Å².